The number of carbonyl (C=O) groups excluding carboxylic acids is 2. The first-order valence-corrected chi connectivity index (χ1v) is 10.9. The third kappa shape index (κ3) is 4.05. The molecule has 0 spiro atoms. The average Bonchev–Trinajstić information content (AvgIpc) is 3.39. The van der Waals surface area contributed by atoms with Crippen molar-refractivity contribution in [3.63, 3.8) is 0 Å². The van der Waals surface area contributed by atoms with E-state index >= 15 is 0 Å². The lowest BCUT2D eigenvalue weighted by Crippen LogP contribution is -2.50. The van der Waals surface area contributed by atoms with Crippen LogP contribution in [0.3, 0.4) is 0 Å². The predicted octanol–water partition coefficient (Wildman–Crippen LogP) is 2.13. The number of rotatable bonds is 6. The maximum absolute atomic E-state index is 12.9. The van der Waals surface area contributed by atoms with E-state index in [0.29, 0.717) is 50.4 Å². The van der Waals surface area contributed by atoms with Crippen LogP contribution in [0.1, 0.15) is 36.3 Å². The summed E-state index contributed by atoms with van der Waals surface area (Å²) in [5.41, 5.74) is 1.32. The third-order valence-corrected chi connectivity index (χ3v) is 6.33. The Labute approximate surface area is 180 Å². The molecule has 2 aromatic heterocycles. The first kappa shape index (κ1) is 19.7. The molecule has 1 unspecified atom stereocenters. The van der Waals surface area contributed by atoms with Gasteiger partial charge >= 0.3 is 0 Å². The first-order valence-electron chi connectivity index (χ1n) is 10.9. The number of nitrogens with one attached hydrogen (secondary N) is 2. The molecular formula is C22H27N7O2. The summed E-state index contributed by atoms with van der Waals surface area (Å²) in [7, 11) is 0. The van der Waals surface area contributed by atoms with E-state index < -0.39 is 0 Å². The average molecular weight is 422 g/mol. The molecule has 3 heterocycles. The van der Waals surface area contributed by atoms with Gasteiger partial charge in [0.1, 0.15) is 5.82 Å². The van der Waals surface area contributed by atoms with Crippen LogP contribution in [-0.2, 0) is 4.79 Å². The standard InChI is InChI=1S/C22H27N7O2/c1-15(16-6-7-16)29-19(8-9-23-29)24-20(30)14-27-10-12-28(13-11-27)22(31)21-17-4-2-3-5-18(17)25-26-21/h2-5,8-9,15-16H,6-7,10-14H2,1H3,(H,24,30)(H,25,26). The molecule has 1 aliphatic carbocycles. The van der Waals surface area contributed by atoms with Gasteiger partial charge in [0.2, 0.25) is 5.91 Å². The fourth-order valence-corrected chi connectivity index (χ4v) is 4.29. The van der Waals surface area contributed by atoms with Gasteiger partial charge in [0.25, 0.3) is 5.91 Å². The second kappa shape index (κ2) is 8.14. The maximum atomic E-state index is 12.9. The molecule has 1 atom stereocenters. The molecule has 31 heavy (non-hydrogen) atoms. The van der Waals surface area contributed by atoms with Crippen LogP contribution in [0.5, 0.6) is 0 Å². The molecule has 1 saturated carbocycles. The number of hydrogen-bond donors (Lipinski definition) is 2. The third-order valence-electron chi connectivity index (χ3n) is 6.33. The molecule has 0 bridgehead atoms. The molecule has 0 radical (unpaired) electrons. The van der Waals surface area contributed by atoms with Crippen LogP contribution in [0.25, 0.3) is 10.9 Å². The molecule has 1 aromatic carbocycles. The fourth-order valence-electron chi connectivity index (χ4n) is 4.29. The minimum Gasteiger partial charge on any atom is -0.335 e. The Morgan fingerprint density at radius 3 is 2.71 bits per heavy atom. The minimum atomic E-state index is -0.0699. The maximum Gasteiger partial charge on any atom is 0.275 e. The number of H-pyrrole nitrogens is 1. The minimum absolute atomic E-state index is 0.0529. The molecule has 2 amide bonds. The van der Waals surface area contributed by atoms with Crippen molar-refractivity contribution >= 4 is 28.5 Å². The van der Waals surface area contributed by atoms with Gasteiger partial charge in [-0.3, -0.25) is 19.6 Å². The number of para-hydroxylation sites is 1. The molecule has 2 N–H and O–H groups in total. The van der Waals surface area contributed by atoms with Crippen LogP contribution in [0.2, 0.25) is 0 Å². The molecule has 1 saturated heterocycles. The van der Waals surface area contributed by atoms with Gasteiger partial charge in [0.05, 0.1) is 24.3 Å². The number of carbonyl (C=O) groups is 2. The molecular weight excluding hydrogens is 394 g/mol. The van der Waals surface area contributed by atoms with Gasteiger partial charge in [-0.25, -0.2) is 4.68 Å². The highest BCUT2D eigenvalue weighted by Gasteiger charge is 2.31. The van der Waals surface area contributed by atoms with Crippen molar-refractivity contribution in [3.8, 4) is 0 Å². The van der Waals surface area contributed by atoms with Crippen LogP contribution >= 0.6 is 0 Å². The van der Waals surface area contributed by atoms with Crippen molar-refractivity contribution < 1.29 is 9.59 Å². The zero-order valence-corrected chi connectivity index (χ0v) is 17.6. The van der Waals surface area contributed by atoms with Crippen LogP contribution in [0.4, 0.5) is 5.82 Å². The topological polar surface area (TPSA) is 99.2 Å². The molecule has 9 nitrogen and oxygen atoms in total. The lowest BCUT2D eigenvalue weighted by molar-refractivity contribution is -0.117. The Bertz CT molecular complexity index is 1090. The highest BCUT2D eigenvalue weighted by Crippen LogP contribution is 2.40. The predicted molar refractivity (Wildman–Crippen MR) is 117 cm³/mol. The van der Waals surface area contributed by atoms with Gasteiger partial charge in [-0.2, -0.15) is 10.2 Å². The van der Waals surface area contributed by atoms with Crippen molar-refractivity contribution in [2.75, 3.05) is 38.0 Å². The van der Waals surface area contributed by atoms with Gasteiger partial charge in [-0.15, -0.1) is 0 Å². The van der Waals surface area contributed by atoms with E-state index in [1.807, 2.05) is 39.9 Å². The van der Waals surface area contributed by atoms with Crippen molar-refractivity contribution in [1.29, 1.82) is 0 Å². The zero-order chi connectivity index (χ0) is 21.4. The van der Waals surface area contributed by atoms with Crippen LogP contribution in [-0.4, -0.2) is 74.3 Å². The van der Waals surface area contributed by atoms with Gasteiger partial charge in [-0.05, 0) is 31.7 Å². The molecule has 2 fully saturated rings. The molecule has 1 aliphatic heterocycles. The molecule has 162 valence electrons. The van der Waals surface area contributed by atoms with E-state index in [-0.39, 0.29) is 11.8 Å². The van der Waals surface area contributed by atoms with E-state index in [1.165, 1.54) is 12.8 Å². The van der Waals surface area contributed by atoms with Gasteiger partial charge in [-0.1, -0.05) is 18.2 Å². The van der Waals surface area contributed by atoms with Crippen LogP contribution < -0.4 is 5.32 Å². The zero-order valence-electron chi connectivity index (χ0n) is 17.6. The lowest BCUT2D eigenvalue weighted by atomic mass is 10.2. The highest BCUT2D eigenvalue weighted by atomic mass is 16.2. The number of nitrogens with zero attached hydrogens (tertiary/aromatic N) is 5. The summed E-state index contributed by atoms with van der Waals surface area (Å²) in [6, 6.07) is 9.79. The summed E-state index contributed by atoms with van der Waals surface area (Å²) in [5, 5.41) is 15.4. The van der Waals surface area contributed by atoms with E-state index in [0.717, 1.165) is 16.7 Å². The Hall–Kier alpha value is -3.20. The molecule has 2 aliphatic rings. The monoisotopic (exact) mass is 421 g/mol. The SMILES string of the molecule is CC(C1CC1)n1nccc1NC(=O)CN1CCN(C(=O)c2n[nH]c3ccccc23)CC1. The van der Waals surface area contributed by atoms with Crippen molar-refractivity contribution in [2.24, 2.45) is 5.92 Å². The van der Waals surface area contributed by atoms with E-state index in [2.05, 4.69) is 32.4 Å². The van der Waals surface area contributed by atoms with Crippen LogP contribution in [0, 0.1) is 5.92 Å². The van der Waals surface area contributed by atoms with Gasteiger partial charge in [0.15, 0.2) is 5.69 Å². The summed E-state index contributed by atoms with van der Waals surface area (Å²) in [6.45, 7) is 4.90. The normalized spacial score (nSPS) is 18.3. The highest BCUT2D eigenvalue weighted by molar-refractivity contribution is 6.04. The lowest BCUT2D eigenvalue weighted by Gasteiger charge is -2.34. The molecule has 9 heteroatoms. The molecule has 3 aromatic rings. The first-order chi connectivity index (χ1) is 15.1. The second-order valence-electron chi connectivity index (χ2n) is 8.47. The summed E-state index contributed by atoms with van der Waals surface area (Å²) in [5.74, 6) is 1.29. The van der Waals surface area contributed by atoms with Gasteiger partial charge in [0, 0.05) is 37.6 Å². The van der Waals surface area contributed by atoms with E-state index in [4.69, 9.17) is 0 Å². The van der Waals surface area contributed by atoms with Crippen molar-refractivity contribution in [1.82, 2.24) is 29.8 Å². The number of aromatic nitrogens is 4. The Morgan fingerprint density at radius 2 is 1.94 bits per heavy atom. The number of aromatic amines is 1. The molecule has 5 rings (SSSR count). The number of hydrogen-bond acceptors (Lipinski definition) is 5. The van der Waals surface area contributed by atoms with Crippen LogP contribution in [0.15, 0.2) is 36.5 Å². The number of amides is 2. The summed E-state index contributed by atoms with van der Waals surface area (Å²) in [6.07, 6.45) is 4.19. The summed E-state index contributed by atoms with van der Waals surface area (Å²) in [4.78, 5) is 29.4. The van der Waals surface area contributed by atoms with Crippen molar-refractivity contribution in [2.45, 2.75) is 25.8 Å². The quantitative estimate of drug-likeness (QED) is 0.635. The van der Waals surface area contributed by atoms with E-state index in [1.54, 1.807) is 6.20 Å². The number of anilines is 1. The Morgan fingerprint density at radius 1 is 1.16 bits per heavy atom. The summed E-state index contributed by atoms with van der Waals surface area (Å²) >= 11 is 0. The largest absolute Gasteiger partial charge is 0.335 e. The van der Waals surface area contributed by atoms with E-state index in [9.17, 15) is 9.59 Å². The van der Waals surface area contributed by atoms with Crippen molar-refractivity contribution in [3.05, 3.63) is 42.2 Å². The second-order valence-corrected chi connectivity index (χ2v) is 8.47. The Kier molecular flexibility index (Phi) is 5.19. The number of benzene rings is 1. The fraction of sp³-hybridized carbons (Fsp3) is 0.455. The number of piperazine rings is 1. The van der Waals surface area contributed by atoms with Gasteiger partial charge < -0.3 is 10.2 Å². The Balaban J connectivity index is 1.15. The number of fused-ring (bicyclic) bond motifs is 1. The summed E-state index contributed by atoms with van der Waals surface area (Å²) < 4.78 is 1.92. The smallest absolute Gasteiger partial charge is 0.275 e.